The van der Waals surface area contributed by atoms with Crippen LogP contribution in [-0.2, 0) is 0 Å². The first-order chi connectivity index (χ1) is 74.4. The van der Waals surface area contributed by atoms with E-state index in [2.05, 4.69) is 543 Å². The Kier molecular flexibility index (Phi) is 21.7. The molecule has 9 heterocycles. The number of hydrogen-bond donors (Lipinski definition) is 0. The maximum absolute atomic E-state index is 5.45. The van der Waals surface area contributed by atoms with Crippen molar-refractivity contribution in [3.63, 3.8) is 0 Å². The Labute approximate surface area is 864 Å². The van der Waals surface area contributed by atoms with E-state index in [1.165, 1.54) is 104 Å². The highest BCUT2D eigenvalue weighted by atomic mass is 15.2. The molecule has 150 heavy (non-hydrogen) atoms. The first-order valence-corrected chi connectivity index (χ1v) is 50.9. The molecular formula is C139H91N11. The molecule has 9 aromatic heterocycles. The Balaban J connectivity index is 0.000000108. The molecule has 0 aliphatic rings. The molecule has 0 radical (unpaired) electrons. The normalized spacial score (nSPS) is 11.6. The smallest absolute Gasteiger partial charge is 0.235 e. The topological polar surface area (TPSA) is 94.0 Å². The van der Waals surface area contributed by atoms with Gasteiger partial charge in [-0.3, -0.25) is 13.7 Å². The third-order valence-corrected chi connectivity index (χ3v) is 29.4. The summed E-state index contributed by atoms with van der Waals surface area (Å²) in [7, 11) is 0. The SMILES string of the molecule is c1ccc(-c2ccc(-c3cc(-c4ccccc4)nc(-n4c5ccccc5c5ccc6c7ccccc7n(-c7ccccc7)c6c54)c3)cc2)cc1.c1ccc(-c2ccc(-c3cc(-c4ccccc4)nc(-n4c5ccccc5c5ccc6c7ccccc7n(-c7ccccc7)c6c54)n3)cc2)cc1.c1ccc(-c2ccc(-c3cc(-n4c5ccccc5c5ccc6c7ccccc7n(-c7ccccc7)c6c54)nc(-c4ccccc4)n3)cc2)cc1. The lowest BCUT2D eigenvalue weighted by Gasteiger charge is -2.15. The second-order valence-electron chi connectivity index (χ2n) is 38.1. The fourth-order valence-electron chi connectivity index (χ4n) is 22.5. The zero-order chi connectivity index (χ0) is 99.1. The van der Waals surface area contributed by atoms with E-state index in [4.69, 9.17) is 24.9 Å². The van der Waals surface area contributed by atoms with Crippen LogP contribution < -0.4 is 0 Å². The fraction of sp³-hybridized carbons (Fsp3) is 0. The van der Waals surface area contributed by atoms with Crippen LogP contribution in [0.2, 0.25) is 0 Å². The van der Waals surface area contributed by atoms with Crippen LogP contribution in [0.1, 0.15) is 0 Å². The number of para-hydroxylation sites is 9. The van der Waals surface area contributed by atoms with Gasteiger partial charge in [0.15, 0.2) is 5.82 Å². The van der Waals surface area contributed by atoms with Crippen molar-refractivity contribution >= 4 is 131 Å². The van der Waals surface area contributed by atoms with E-state index in [1.54, 1.807) is 0 Å². The molecule has 0 unspecified atom stereocenters. The van der Waals surface area contributed by atoms with Gasteiger partial charge in [0.05, 0.1) is 89.0 Å². The van der Waals surface area contributed by atoms with Crippen LogP contribution >= 0.6 is 0 Å². The number of nitrogens with zero attached hydrogens (tertiary/aromatic N) is 11. The van der Waals surface area contributed by atoms with Gasteiger partial charge in [-0.25, -0.2) is 24.9 Å². The van der Waals surface area contributed by atoms with E-state index in [9.17, 15) is 0 Å². The molecule has 0 amide bonds. The van der Waals surface area contributed by atoms with Gasteiger partial charge in [-0.1, -0.05) is 455 Å². The average molecular weight is 1920 g/mol. The van der Waals surface area contributed by atoms with Crippen molar-refractivity contribution in [3.8, 4) is 136 Å². The first kappa shape index (κ1) is 87.5. The van der Waals surface area contributed by atoms with Crippen LogP contribution in [0.15, 0.2) is 552 Å². The summed E-state index contributed by atoms with van der Waals surface area (Å²) < 4.78 is 14.2. The molecule has 0 atom stereocenters. The summed E-state index contributed by atoms with van der Waals surface area (Å²) in [5, 5.41) is 14.4. The molecule has 30 rings (SSSR count). The minimum Gasteiger partial charge on any atom is -0.307 e. The van der Waals surface area contributed by atoms with Crippen LogP contribution in [0.25, 0.3) is 266 Å². The number of benzene rings is 21. The number of rotatable bonds is 15. The van der Waals surface area contributed by atoms with Gasteiger partial charge >= 0.3 is 0 Å². The zero-order valence-electron chi connectivity index (χ0n) is 81.5. The summed E-state index contributed by atoms with van der Waals surface area (Å²) >= 11 is 0. The quantitative estimate of drug-likeness (QED) is 0.102. The minimum absolute atomic E-state index is 0.636. The summed E-state index contributed by atoms with van der Waals surface area (Å²) in [5.74, 6) is 3.03. The van der Waals surface area contributed by atoms with E-state index >= 15 is 0 Å². The molecule has 0 saturated carbocycles. The predicted octanol–water partition coefficient (Wildman–Crippen LogP) is 35.6. The molecule has 0 N–H and O–H groups in total. The largest absolute Gasteiger partial charge is 0.307 e. The Morgan fingerprint density at radius 1 is 0.120 bits per heavy atom. The van der Waals surface area contributed by atoms with Gasteiger partial charge in [0, 0.05) is 116 Å². The highest BCUT2D eigenvalue weighted by Gasteiger charge is 2.29. The van der Waals surface area contributed by atoms with E-state index in [0.717, 1.165) is 151 Å². The standard InChI is InChI=1S/C47H31N3.2C46H30N4/c1-4-14-32(15-5-1)33-24-26-34(27-25-33)36-30-42(35-16-6-2-7-17-35)48-45(31-36)50-44-23-13-11-21-39(44)41-29-28-40-38-20-10-12-22-43(38)49(46(40)47(41)50)37-18-8-3-9-19-37;1-4-14-31(15-5-1)32-24-26-33(27-25-32)40-30-43(48-46(47-40)34-16-6-2-7-17-34)50-42-23-13-11-21-37(42)39-29-28-38-36-20-10-12-22-41(36)49(44(38)45(39)50)35-18-8-3-9-19-35;1-4-14-31(15-5-1)32-24-26-34(27-25-32)41-30-40(33-16-6-2-7-17-33)47-46(48-41)50-43-23-13-11-21-37(43)39-29-28-38-36-20-10-12-22-42(36)49(44(38)45(39)50)35-18-8-3-9-19-35/h1-31H;2*1-30H. The third kappa shape index (κ3) is 15.3. The lowest BCUT2D eigenvalue weighted by atomic mass is 9.99. The van der Waals surface area contributed by atoms with Crippen molar-refractivity contribution in [2.75, 3.05) is 0 Å². The van der Waals surface area contributed by atoms with Crippen LogP contribution in [0, 0.1) is 0 Å². The summed E-state index contributed by atoms with van der Waals surface area (Å²) in [6.45, 7) is 0. The molecule has 702 valence electrons. The molecule has 0 saturated heterocycles. The van der Waals surface area contributed by atoms with E-state index < -0.39 is 0 Å². The molecule has 0 aliphatic heterocycles. The number of pyridine rings is 1. The Morgan fingerprint density at radius 3 is 0.653 bits per heavy atom. The minimum atomic E-state index is 0.636. The fourth-order valence-corrected chi connectivity index (χ4v) is 22.5. The van der Waals surface area contributed by atoms with Gasteiger partial charge in [-0.15, -0.1) is 0 Å². The van der Waals surface area contributed by atoms with E-state index in [1.807, 2.05) is 36.4 Å². The maximum Gasteiger partial charge on any atom is 0.235 e. The van der Waals surface area contributed by atoms with Crippen molar-refractivity contribution in [3.05, 3.63) is 552 Å². The summed E-state index contributed by atoms with van der Waals surface area (Å²) in [6.07, 6.45) is 0. The highest BCUT2D eigenvalue weighted by Crippen LogP contribution is 2.48. The molecule has 0 bridgehead atoms. The zero-order valence-corrected chi connectivity index (χ0v) is 81.5. The third-order valence-electron chi connectivity index (χ3n) is 29.4. The summed E-state index contributed by atoms with van der Waals surface area (Å²) in [5.41, 5.74) is 35.1. The number of aromatic nitrogens is 11. The molecular weight excluding hydrogens is 1820 g/mol. The second-order valence-corrected chi connectivity index (χ2v) is 38.1. The highest BCUT2D eigenvalue weighted by molar-refractivity contribution is 6.27. The van der Waals surface area contributed by atoms with Crippen molar-refractivity contribution in [2.45, 2.75) is 0 Å². The second kappa shape index (κ2) is 37.2. The van der Waals surface area contributed by atoms with Crippen LogP contribution in [0.3, 0.4) is 0 Å². The van der Waals surface area contributed by atoms with Gasteiger partial charge in [0.1, 0.15) is 11.6 Å². The van der Waals surface area contributed by atoms with Gasteiger partial charge in [0.25, 0.3) is 0 Å². The van der Waals surface area contributed by atoms with Crippen LogP contribution in [0.4, 0.5) is 0 Å². The summed E-state index contributed by atoms with van der Waals surface area (Å²) in [6, 6.07) is 196. The Morgan fingerprint density at radius 2 is 0.333 bits per heavy atom. The Bertz CT molecular complexity index is 9440. The van der Waals surface area contributed by atoms with Crippen molar-refractivity contribution in [2.24, 2.45) is 0 Å². The Hall–Kier alpha value is -20.3. The first-order valence-electron chi connectivity index (χ1n) is 50.9. The maximum atomic E-state index is 5.45. The van der Waals surface area contributed by atoms with Gasteiger partial charge in [-0.05, 0) is 136 Å². The van der Waals surface area contributed by atoms with Crippen LogP contribution in [-0.4, -0.2) is 52.3 Å². The monoisotopic (exact) mass is 1910 g/mol. The van der Waals surface area contributed by atoms with E-state index in [0.29, 0.717) is 11.8 Å². The van der Waals surface area contributed by atoms with Crippen LogP contribution in [0.5, 0.6) is 0 Å². The average Bonchev–Trinajstić information content (AvgIpc) is 1.55. The molecule has 0 fully saturated rings. The molecule has 0 spiro atoms. The molecule has 30 aromatic rings. The lowest BCUT2D eigenvalue weighted by Crippen LogP contribution is -2.05. The molecule has 11 heteroatoms. The molecule has 0 aliphatic carbocycles. The van der Waals surface area contributed by atoms with Gasteiger partial charge in [0.2, 0.25) is 5.95 Å². The predicted molar refractivity (Wildman–Crippen MR) is 623 cm³/mol. The van der Waals surface area contributed by atoms with E-state index in [-0.39, 0.29) is 0 Å². The molecule has 11 nitrogen and oxygen atoms in total. The number of hydrogen-bond acceptors (Lipinski definition) is 5. The van der Waals surface area contributed by atoms with Gasteiger partial charge in [-0.2, -0.15) is 0 Å². The van der Waals surface area contributed by atoms with Crippen molar-refractivity contribution in [1.82, 2.24) is 52.3 Å². The number of fused-ring (bicyclic) bond motifs is 21. The molecule has 21 aromatic carbocycles. The summed E-state index contributed by atoms with van der Waals surface area (Å²) in [4.78, 5) is 26.7. The van der Waals surface area contributed by atoms with Crippen molar-refractivity contribution < 1.29 is 0 Å². The van der Waals surface area contributed by atoms with Crippen molar-refractivity contribution in [1.29, 1.82) is 0 Å². The lowest BCUT2D eigenvalue weighted by molar-refractivity contribution is 0.995. The van der Waals surface area contributed by atoms with Gasteiger partial charge < -0.3 is 13.7 Å².